The SMILES string of the molecule is C=CC1=C(CC)C(C)NC1=O. The maximum Gasteiger partial charge on any atom is 0.251 e. The zero-order chi connectivity index (χ0) is 8.43. The van der Waals surface area contributed by atoms with Gasteiger partial charge in [-0.05, 0) is 18.9 Å². The molecule has 0 saturated carbocycles. The molecule has 0 radical (unpaired) electrons. The van der Waals surface area contributed by atoms with Crippen LogP contribution in [0.2, 0.25) is 0 Å². The van der Waals surface area contributed by atoms with E-state index >= 15 is 0 Å². The first kappa shape index (κ1) is 8.05. The fourth-order valence-electron chi connectivity index (χ4n) is 1.46. The second kappa shape index (κ2) is 2.91. The van der Waals surface area contributed by atoms with Gasteiger partial charge in [-0.2, -0.15) is 0 Å². The van der Waals surface area contributed by atoms with Gasteiger partial charge in [-0.25, -0.2) is 0 Å². The standard InChI is InChI=1S/C9H13NO/c1-4-7-6(3)10-9(11)8(7)5-2/h5-6H,2,4H2,1,3H3,(H,10,11). The van der Waals surface area contributed by atoms with Crippen molar-refractivity contribution in [3.8, 4) is 0 Å². The van der Waals surface area contributed by atoms with Crippen LogP contribution >= 0.6 is 0 Å². The van der Waals surface area contributed by atoms with Gasteiger partial charge in [0.1, 0.15) is 0 Å². The van der Waals surface area contributed by atoms with E-state index in [1.54, 1.807) is 6.08 Å². The summed E-state index contributed by atoms with van der Waals surface area (Å²) < 4.78 is 0. The number of nitrogens with one attached hydrogen (secondary N) is 1. The summed E-state index contributed by atoms with van der Waals surface area (Å²) in [5.41, 5.74) is 1.94. The lowest BCUT2D eigenvalue weighted by Gasteiger charge is -2.05. The Morgan fingerprint density at radius 2 is 2.36 bits per heavy atom. The Bertz CT molecular complexity index is 228. The third kappa shape index (κ3) is 1.20. The van der Waals surface area contributed by atoms with Crippen molar-refractivity contribution in [2.24, 2.45) is 0 Å². The van der Waals surface area contributed by atoms with Crippen molar-refractivity contribution < 1.29 is 4.79 Å². The van der Waals surface area contributed by atoms with E-state index in [1.807, 2.05) is 6.92 Å². The number of rotatable bonds is 2. The summed E-state index contributed by atoms with van der Waals surface area (Å²) in [6.07, 6.45) is 2.55. The van der Waals surface area contributed by atoms with Crippen molar-refractivity contribution in [2.75, 3.05) is 0 Å². The Hall–Kier alpha value is -1.05. The van der Waals surface area contributed by atoms with E-state index in [1.165, 1.54) is 5.57 Å². The Kier molecular flexibility index (Phi) is 2.13. The van der Waals surface area contributed by atoms with Crippen LogP contribution in [0.1, 0.15) is 20.3 Å². The van der Waals surface area contributed by atoms with Gasteiger partial charge >= 0.3 is 0 Å². The third-order valence-corrected chi connectivity index (χ3v) is 2.05. The summed E-state index contributed by atoms with van der Waals surface area (Å²) in [6, 6.07) is 0.195. The normalized spacial score (nSPS) is 23.8. The van der Waals surface area contributed by atoms with Gasteiger partial charge in [0.05, 0.1) is 0 Å². The Balaban J connectivity index is 3.01. The van der Waals surface area contributed by atoms with Gasteiger partial charge < -0.3 is 5.32 Å². The maximum absolute atomic E-state index is 11.1. The molecular formula is C9H13NO. The average molecular weight is 151 g/mol. The molecule has 0 aliphatic carbocycles. The minimum Gasteiger partial charge on any atom is -0.346 e. The van der Waals surface area contributed by atoms with Gasteiger partial charge in [0.15, 0.2) is 0 Å². The van der Waals surface area contributed by atoms with Crippen molar-refractivity contribution in [3.05, 3.63) is 23.8 Å². The van der Waals surface area contributed by atoms with Crippen molar-refractivity contribution in [2.45, 2.75) is 26.3 Å². The van der Waals surface area contributed by atoms with Gasteiger partial charge in [-0.1, -0.05) is 19.6 Å². The van der Waals surface area contributed by atoms with E-state index in [9.17, 15) is 4.79 Å². The molecule has 0 spiro atoms. The highest BCUT2D eigenvalue weighted by molar-refractivity contribution is 6.00. The smallest absolute Gasteiger partial charge is 0.251 e. The zero-order valence-electron chi connectivity index (χ0n) is 6.98. The van der Waals surface area contributed by atoms with Gasteiger partial charge in [0.2, 0.25) is 0 Å². The molecular weight excluding hydrogens is 138 g/mol. The molecule has 1 amide bonds. The Morgan fingerprint density at radius 3 is 2.73 bits per heavy atom. The van der Waals surface area contributed by atoms with Crippen molar-refractivity contribution in [1.82, 2.24) is 5.32 Å². The fraction of sp³-hybridized carbons (Fsp3) is 0.444. The monoisotopic (exact) mass is 151 g/mol. The summed E-state index contributed by atoms with van der Waals surface area (Å²) in [4.78, 5) is 11.1. The lowest BCUT2D eigenvalue weighted by atomic mass is 10.0. The van der Waals surface area contributed by atoms with Crippen LogP contribution in [-0.2, 0) is 4.79 Å². The molecule has 1 rings (SSSR count). The van der Waals surface area contributed by atoms with Crippen molar-refractivity contribution in [3.63, 3.8) is 0 Å². The van der Waals surface area contributed by atoms with Gasteiger partial charge in [-0.15, -0.1) is 0 Å². The summed E-state index contributed by atoms with van der Waals surface area (Å²) in [6.45, 7) is 7.65. The summed E-state index contributed by atoms with van der Waals surface area (Å²) >= 11 is 0. The third-order valence-electron chi connectivity index (χ3n) is 2.05. The minimum atomic E-state index is 0.0179. The van der Waals surface area contributed by atoms with Crippen LogP contribution in [0.4, 0.5) is 0 Å². The summed E-state index contributed by atoms with van der Waals surface area (Å²) in [5.74, 6) is 0.0179. The predicted octanol–water partition coefficient (Wildman–Crippen LogP) is 1.40. The first-order valence-corrected chi connectivity index (χ1v) is 3.87. The lowest BCUT2D eigenvalue weighted by Crippen LogP contribution is -2.25. The van der Waals surface area contributed by atoms with E-state index in [-0.39, 0.29) is 11.9 Å². The minimum absolute atomic E-state index is 0.0179. The largest absolute Gasteiger partial charge is 0.346 e. The molecule has 0 fully saturated rings. The molecule has 11 heavy (non-hydrogen) atoms. The summed E-state index contributed by atoms with van der Waals surface area (Å²) in [5, 5.41) is 2.83. The molecule has 2 nitrogen and oxygen atoms in total. The van der Waals surface area contributed by atoms with Crippen LogP contribution in [0.3, 0.4) is 0 Å². The number of carbonyl (C=O) groups is 1. The van der Waals surface area contributed by atoms with E-state index in [4.69, 9.17) is 0 Å². The quantitative estimate of drug-likeness (QED) is 0.635. The first-order chi connectivity index (χ1) is 5.20. The lowest BCUT2D eigenvalue weighted by molar-refractivity contribution is -0.116. The maximum atomic E-state index is 11.1. The van der Waals surface area contributed by atoms with E-state index < -0.39 is 0 Å². The molecule has 0 aromatic carbocycles. The molecule has 1 aliphatic rings. The topological polar surface area (TPSA) is 29.1 Å². The van der Waals surface area contributed by atoms with Crippen LogP contribution in [0, 0.1) is 0 Å². The molecule has 60 valence electrons. The Morgan fingerprint density at radius 1 is 1.73 bits per heavy atom. The molecule has 1 heterocycles. The zero-order valence-corrected chi connectivity index (χ0v) is 6.98. The number of carbonyl (C=O) groups excluding carboxylic acids is 1. The van der Waals surface area contributed by atoms with E-state index in [2.05, 4.69) is 18.8 Å². The molecule has 1 N–H and O–H groups in total. The van der Waals surface area contributed by atoms with Crippen LogP contribution < -0.4 is 5.32 Å². The molecule has 1 aliphatic heterocycles. The van der Waals surface area contributed by atoms with Crippen LogP contribution in [0.25, 0.3) is 0 Å². The molecule has 1 atom stereocenters. The van der Waals surface area contributed by atoms with Crippen molar-refractivity contribution in [1.29, 1.82) is 0 Å². The molecule has 2 heteroatoms. The molecule has 0 aromatic rings. The number of hydrogen-bond donors (Lipinski definition) is 1. The highest BCUT2D eigenvalue weighted by Gasteiger charge is 2.24. The molecule has 1 unspecified atom stereocenters. The number of amides is 1. The van der Waals surface area contributed by atoms with Gasteiger partial charge in [-0.3, -0.25) is 4.79 Å². The van der Waals surface area contributed by atoms with Crippen LogP contribution in [-0.4, -0.2) is 11.9 Å². The first-order valence-electron chi connectivity index (χ1n) is 3.87. The fourth-order valence-corrected chi connectivity index (χ4v) is 1.46. The van der Waals surface area contributed by atoms with Crippen LogP contribution in [0.5, 0.6) is 0 Å². The second-order valence-electron chi connectivity index (χ2n) is 2.69. The molecule has 0 saturated heterocycles. The Labute approximate surface area is 67.0 Å². The van der Waals surface area contributed by atoms with Gasteiger partial charge in [0.25, 0.3) is 5.91 Å². The number of hydrogen-bond acceptors (Lipinski definition) is 1. The predicted molar refractivity (Wildman–Crippen MR) is 45.1 cm³/mol. The van der Waals surface area contributed by atoms with Gasteiger partial charge in [0, 0.05) is 11.6 Å². The van der Waals surface area contributed by atoms with E-state index in [0.717, 1.165) is 12.0 Å². The van der Waals surface area contributed by atoms with Crippen molar-refractivity contribution >= 4 is 5.91 Å². The van der Waals surface area contributed by atoms with E-state index in [0.29, 0.717) is 0 Å². The van der Waals surface area contributed by atoms with Crippen LogP contribution in [0.15, 0.2) is 23.8 Å². The highest BCUT2D eigenvalue weighted by Crippen LogP contribution is 2.20. The highest BCUT2D eigenvalue weighted by atomic mass is 16.2. The average Bonchev–Trinajstić information content (AvgIpc) is 2.24. The molecule has 0 bridgehead atoms. The molecule has 0 aromatic heterocycles. The summed E-state index contributed by atoms with van der Waals surface area (Å²) in [7, 11) is 0. The second-order valence-corrected chi connectivity index (χ2v) is 2.69.